The van der Waals surface area contributed by atoms with E-state index in [1.807, 2.05) is 4.57 Å². The first-order valence-electron chi connectivity index (χ1n) is 29.7. The van der Waals surface area contributed by atoms with E-state index in [1.165, 1.54) is 30.4 Å². The predicted octanol–water partition coefficient (Wildman–Crippen LogP) is 8.02. The topological polar surface area (TPSA) is 453 Å². The number of fused-ring (bicyclic) bond motifs is 3. The molecule has 0 aliphatic rings. The summed E-state index contributed by atoms with van der Waals surface area (Å²) in [4.78, 5) is 134. The van der Waals surface area contributed by atoms with Crippen LogP contribution in [0.1, 0.15) is 78.1 Å². The van der Waals surface area contributed by atoms with Gasteiger partial charge in [-0.15, -0.1) is 58.7 Å². The number of aliphatic carboxylic acids is 3. The summed E-state index contributed by atoms with van der Waals surface area (Å²) >= 11 is 0. The number of carbonyl (C=O) groups is 7. The molecular formula is C68H85F3N14O15Y3-6. The van der Waals surface area contributed by atoms with Crippen molar-refractivity contribution in [3.8, 4) is 0 Å². The van der Waals surface area contributed by atoms with E-state index in [0.717, 1.165) is 6.42 Å². The van der Waals surface area contributed by atoms with Crippen molar-refractivity contribution in [3.05, 3.63) is 219 Å². The summed E-state index contributed by atoms with van der Waals surface area (Å²) in [6.07, 6.45) is 33.6. The molecule has 6 rings (SSSR count). The van der Waals surface area contributed by atoms with E-state index < -0.39 is 53.7 Å². The molecule has 35 heteroatoms. The molecule has 6 aromatic rings. The molecule has 2 atom stereocenters. The molecule has 6 heterocycles. The third-order valence-electron chi connectivity index (χ3n) is 11.4. The smallest absolute Gasteiger partial charge is 0.328 e. The fraction of sp³-hybridized carbons (Fsp3) is 0.279. The Bertz CT molecular complexity index is 3880. The summed E-state index contributed by atoms with van der Waals surface area (Å²) in [6, 6.07) is 2.90. The van der Waals surface area contributed by atoms with Crippen LogP contribution >= 0.6 is 0 Å². The molecule has 0 aromatic carbocycles. The average Bonchev–Trinajstić information content (AvgIpc) is 1.70. The van der Waals surface area contributed by atoms with Crippen LogP contribution in [0.25, 0.3) is 33.1 Å². The Morgan fingerprint density at radius 2 is 0.845 bits per heavy atom. The van der Waals surface area contributed by atoms with Gasteiger partial charge >= 0.3 is 23.9 Å². The molecule has 0 fully saturated rings. The van der Waals surface area contributed by atoms with Crippen LogP contribution in [0.4, 0.5) is 31.0 Å². The number of nitrogens with one attached hydrogen (secondary N) is 5. The quantitative estimate of drug-likeness (QED) is 0.00507. The molecule has 0 saturated heterocycles. The van der Waals surface area contributed by atoms with Crippen molar-refractivity contribution in [2.75, 3.05) is 30.4 Å². The number of aromatic nitrogens is 9. The van der Waals surface area contributed by atoms with Gasteiger partial charge in [-0.1, -0.05) is 19.7 Å². The van der Waals surface area contributed by atoms with E-state index in [4.69, 9.17) is 42.0 Å². The minimum absolute atomic E-state index is 0. The summed E-state index contributed by atoms with van der Waals surface area (Å²) < 4.78 is 45.3. The second-order valence-corrected chi connectivity index (χ2v) is 18.1. The van der Waals surface area contributed by atoms with Gasteiger partial charge in [0.1, 0.15) is 40.4 Å². The summed E-state index contributed by atoms with van der Waals surface area (Å²) in [5, 5.41) is 30.6. The van der Waals surface area contributed by atoms with Gasteiger partial charge in [-0.3, -0.25) is 71.5 Å². The van der Waals surface area contributed by atoms with Crippen molar-refractivity contribution in [3.63, 3.8) is 0 Å². The van der Waals surface area contributed by atoms with Crippen molar-refractivity contribution < 1.29 is 170 Å². The Balaban J connectivity index is -0.000000313. The fourth-order valence-electron chi connectivity index (χ4n) is 7.69. The first-order valence-corrected chi connectivity index (χ1v) is 29.7. The van der Waals surface area contributed by atoms with Crippen LogP contribution in [0.2, 0.25) is 0 Å². The van der Waals surface area contributed by atoms with E-state index in [-0.39, 0.29) is 191 Å². The number of carboxylic acid groups (broad SMARTS) is 3. The number of carbonyl (C=O) groups excluding carboxylic acids is 4. The number of hydrogen-bond donors (Lipinski definition) is 11. The minimum Gasteiger partial charge on any atom is -0.493 e. The van der Waals surface area contributed by atoms with Crippen LogP contribution in [0.5, 0.6) is 0 Å². The largest absolute Gasteiger partial charge is 0.493 e. The van der Waals surface area contributed by atoms with E-state index in [0.29, 0.717) is 84.8 Å². The number of ether oxygens (including phenoxy) is 2. The van der Waals surface area contributed by atoms with Gasteiger partial charge < -0.3 is 121 Å². The molecule has 103 heavy (non-hydrogen) atoms. The van der Waals surface area contributed by atoms with E-state index in [1.54, 1.807) is 65.8 Å². The number of halogens is 3. The van der Waals surface area contributed by atoms with Crippen molar-refractivity contribution in [1.82, 2.24) is 54.2 Å². The van der Waals surface area contributed by atoms with Crippen LogP contribution in [0.15, 0.2) is 166 Å². The molecular weight excluding hydrogens is 1580 g/mol. The number of nitrogen functional groups attached to an aromatic ring is 3. The molecule has 29 nitrogen and oxygen atoms in total. The Hall–Kier alpha value is -9.07. The van der Waals surface area contributed by atoms with Gasteiger partial charge in [0, 0.05) is 149 Å². The molecule has 0 spiro atoms. The first-order chi connectivity index (χ1) is 47.9. The summed E-state index contributed by atoms with van der Waals surface area (Å²) in [5.74, 6) is -5.81. The fourth-order valence-corrected chi connectivity index (χ4v) is 7.69. The van der Waals surface area contributed by atoms with Crippen LogP contribution in [0, 0.1) is 36.5 Å². The summed E-state index contributed by atoms with van der Waals surface area (Å²) in [6.45, 7) is 31.6. The number of unbranched alkanes of at least 4 members (excludes halogenated alkanes) is 3. The number of aromatic amines is 3. The second kappa shape index (κ2) is 66.2. The van der Waals surface area contributed by atoms with E-state index in [9.17, 15) is 61.1 Å². The summed E-state index contributed by atoms with van der Waals surface area (Å²) in [7, 11) is 0. The number of amides is 2. The molecule has 14 N–H and O–H groups in total. The van der Waals surface area contributed by atoms with Gasteiger partial charge in [-0.2, -0.15) is 0 Å². The number of hydrogen-bond acceptors (Lipinski definition) is 18. The molecule has 553 valence electrons. The zero-order chi connectivity index (χ0) is 76.4. The van der Waals surface area contributed by atoms with Gasteiger partial charge in [0.2, 0.25) is 23.8 Å². The maximum absolute atomic E-state index is 12.1. The molecule has 2 amide bonds. The van der Waals surface area contributed by atoms with Crippen molar-refractivity contribution >= 4 is 92.6 Å². The molecule has 0 aliphatic carbocycles. The van der Waals surface area contributed by atoms with Crippen LogP contribution in [0.3, 0.4) is 0 Å². The maximum atomic E-state index is 12.1. The monoisotopic (exact) mass is 1660 g/mol. The summed E-state index contributed by atoms with van der Waals surface area (Å²) in [5.41, 5.74) is 18.7. The van der Waals surface area contributed by atoms with Gasteiger partial charge in [0.05, 0.1) is 48.8 Å². The number of nitrogens with zero attached hydrogens (tertiary/aromatic N) is 6. The van der Waals surface area contributed by atoms with Crippen LogP contribution < -0.4 is 44.5 Å². The third kappa shape index (κ3) is 47.0. The SMILES string of the molecule is C=C.C=C.C=C.C=CF.C=CF.C=CF.CCOC(=O)CC[C@H](NC(=O)[C-]=CC=[C-]CCCn1ccc2nc(N)[nH]c(=O)c21)C(=O)OCC.Nc1nc2ccn(CCC[C-]=CC=[C-]C(=O)N[C@@H](CCC(=O)O)C(=O)O)c2c(=O)[nH]1.Nc1nc2ccn(CCC[C-]=CC=[C-]C(=O)O)c2c(=O)[nH]1.[Y].[Y].[Y]. The minimum atomic E-state index is -1.32. The first kappa shape index (κ1) is 105. The number of H-pyrrole nitrogens is 3. The second-order valence-electron chi connectivity index (χ2n) is 18.1. The average molecular weight is 1660 g/mol. The Labute approximate surface area is 669 Å². The normalized spacial score (nSPS) is 10.6. The maximum Gasteiger partial charge on any atom is 0.328 e. The van der Waals surface area contributed by atoms with E-state index in [2.05, 4.69) is 136 Å². The number of nitrogens with two attached hydrogens (primary N) is 3. The van der Waals surface area contributed by atoms with Crippen LogP contribution in [-0.2, 0) is 161 Å². The number of allylic oxidation sites excluding steroid dienone is 9. The Morgan fingerprint density at radius 3 is 1.15 bits per heavy atom. The predicted molar refractivity (Wildman–Crippen MR) is 375 cm³/mol. The molecule has 6 aromatic heterocycles. The number of rotatable bonds is 30. The van der Waals surface area contributed by atoms with Crippen molar-refractivity contribution in [1.29, 1.82) is 0 Å². The third-order valence-corrected chi connectivity index (χ3v) is 11.4. The van der Waals surface area contributed by atoms with Crippen LogP contribution in [-0.4, -0.2) is 126 Å². The Morgan fingerprint density at radius 1 is 0.534 bits per heavy atom. The molecule has 0 saturated carbocycles. The number of anilines is 3. The number of carboxylic acids is 3. The zero-order valence-electron chi connectivity index (χ0n) is 57.3. The number of aryl methyl sites for hydroxylation is 3. The zero-order valence-corrected chi connectivity index (χ0v) is 65.8. The number of esters is 2. The van der Waals surface area contributed by atoms with Gasteiger partial charge in [0.25, 0.3) is 16.7 Å². The molecule has 0 unspecified atom stereocenters. The van der Waals surface area contributed by atoms with E-state index >= 15 is 0 Å². The Kier molecular flexibility index (Phi) is 67.4. The van der Waals surface area contributed by atoms with Crippen molar-refractivity contribution in [2.24, 2.45) is 0 Å². The van der Waals surface area contributed by atoms with Gasteiger partial charge in [-0.05, 0) is 64.2 Å². The molecule has 0 aliphatic heterocycles. The molecule has 3 radical (unpaired) electrons. The van der Waals surface area contributed by atoms with Crippen molar-refractivity contribution in [2.45, 2.75) is 110 Å². The standard InChI is InChI=1S/C23H29N5O6.C19H21N5O6.C14H14N4O3.3C2H3F.3C2H4.3Y/c1-3-33-19(30)12-11-17(22(32)34-4-2)25-18(29)10-8-6-5-7-9-14-28-15-13-16-20(28)21(31)27-23(24)26-16;20-19-22-12-9-11-24(16(12)17(28)23-19)10-5-3-1-2-4-6-14(25)21-13(18(29)30)7-8-15(26)27;15-14-16-10-7-9-18(12(10)13(21)17-14)8-5-3-1-2-4-6-11(19)20;3*1-2-3;3*1-2;;;/h6,8,13,15,17H,3-4,7,9,11-12,14H2,1-2H3,(H,25,29)(H3,24,26,27,31);2,4,9,11,13H,3,5,7-8,10H2,(H,21,25)(H,26,27)(H,29,30)(H3,20,22,23,28);2,4,7,9H,3,5,8H2,(H,19,20)(H3,15,16,17,21);3*2H,1H2;3*1-2H2;;;/q3*-2;;;;;;;;;/t17-;13-;;;;;;;;;;/m00........../s1. The van der Waals surface area contributed by atoms with Gasteiger partial charge in [0.15, 0.2) is 0 Å². The molecule has 0 bridgehead atoms. The van der Waals surface area contributed by atoms with Gasteiger partial charge in [-0.25, -0.2) is 37.7 Å².